The van der Waals surface area contributed by atoms with E-state index in [9.17, 15) is 9.59 Å². The first-order valence-electron chi connectivity index (χ1n) is 8.29. The van der Waals surface area contributed by atoms with Gasteiger partial charge in [-0.05, 0) is 12.8 Å². The highest BCUT2D eigenvalue weighted by atomic mass is 16.3. The molecule has 0 saturated carbocycles. The first kappa shape index (κ1) is 17.2. The number of piperazine rings is 1. The van der Waals surface area contributed by atoms with Gasteiger partial charge in [0.2, 0.25) is 11.8 Å². The SMILES string of the molecule is O=C(CN1CCN(CCO)CC1)NCCCN1CCCC1=O. The summed E-state index contributed by atoms with van der Waals surface area (Å²) < 4.78 is 0. The van der Waals surface area contributed by atoms with Crippen LogP contribution >= 0.6 is 0 Å². The van der Waals surface area contributed by atoms with Gasteiger partial charge < -0.3 is 15.3 Å². The van der Waals surface area contributed by atoms with Gasteiger partial charge >= 0.3 is 0 Å². The Bertz CT molecular complexity index is 370. The third-order valence-corrected chi connectivity index (χ3v) is 4.35. The van der Waals surface area contributed by atoms with E-state index in [2.05, 4.69) is 15.1 Å². The Morgan fingerprint density at radius 3 is 2.45 bits per heavy atom. The average Bonchev–Trinajstić information content (AvgIpc) is 2.91. The van der Waals surface area contributed by atoms with E-state index < -0.39 is 0 Å². The van der Waals surface area contributed by atoms with Crippen LogP contribution in [0.3, 0.4) is 0 Å². The lowest BCUT2D eigenvalue weighted by Crippen LogP contribution is -2.50. The van der Waals surface area contributed by atoms with Crippen LogP contribution in [0.15, 0.2) is 0 Å². The molecular weight excluding hydrogens is 284 g/mol. The van der Waals surface area contributed by atoms with Gasteiger partial charge in [-0.15, -0.1) is 0 Å². The van der Waals surface area contributed by atoms with E-state index in [4.69, 9.17) is 5.11 Å². The van der Waals surface area contributed by atoms with E-state index >= 15 is 0 Å². The molecule has 0 aromatic rings. The summed E-state index contributed by atoms with van der Waals surface area (Å²) in [5, 5.41) is 11.8. The smallest absolute Gasteiger partial charge is 0.234 e. The lowest BCUT2D eigenvalue weighted by Gasteiger charge is -2.33. The largest absolute Gasteiger partial charge is 0.395 e. The summed E-state index contributed by atoms with van der Waals surface area (Å²) in [7, 11) is 0. The Labute approximate surface area is 132 Å². The predicted octanol–water partition coefficient (Wildman–Crippen LogP) is -1.27. The molecule has 22 heavy (non-hydrogen) atoms. The number of hydrogen-bond donors (Lipinski definition) is 2. The highest BCUT2D eigenvalue weighted by Crippen LogP contribution is 2.09. The minimum absolute atomic E-state index is 0.0587. The van der Waals surface area contributed by atoms with Gasteiger partial charge in [-0.1, -0.05) is 0 Å². The Kier molecular flexibility index (Phi) is 7.08. The number of carbonyl (C=O) groups excluding carboxylic acids is 2. The van der Waals surface area contributed by atoms with Crippen molar-refractivity contribution in [2.45, 2.75) is 19.3 Å². The first-order chi connectivity index (χ1) is 10.7. The summed E-state index contributed by atoms with van der Waals surface area (Å²) in [5.41, 5.74) is 0. The average molecular weight is 312 g/mol. The zero-order valence-electron chi connectivity index (χ0n) is 13.3. The second-order valence-corrected chi connectivity index (χ2v) is 6.03. The Hall–Kier alpha value is -1.18. The number of rotatable bonds is 8. The first-order valence-corrected chi connectivity index (χ1v) is 8.29. The molecule has 2 fully saturated rings. The van der Waals surface area contributed by atoms with Crippen LogP contribution in [0, 0.1) is 0 Å². The summed E-state index contributed by atoms with van der Waals surface area (Å²) in [6.45, 7) is 7.16. The zero-order chi connectivity index (χ0) is 15.8. The maximum absolute atomic E-state index is 11.9. The number of nitrogens with one attached hydrogen (secondary N) is 1. The van der Waals surface area contributed by atoms with Crippen molar-refractivity contribution in [2.75, 3.05) is 65.5 Å². The van der Waals surface area contributed by atoms with E-state index in [1.165, 1.54) is 0 Å². The third kappa shape index (κ3) is 5.55. The van der Waals surface area contributed by atoms with Crippen LogP contribution in [0.4, 0.5) is 0 Å². The minimum Gasteiger partial charge on any atom is -0.395 e. The second kappa shape index (κ2) is 9.07. The number of nitrogens with zero attached hydrogens (tertiary/aromatic N) is 3. The van der Waals surface area contributed by atoms with Gasteiger partial charge in [0, 0.05) is 58.8 Å². The molecule has 0 atom stereocenters. The van der Waals surface area contributed by atoms with E-state index in [0.717, 1.165) is 58.7 Å². The van der Waals surface area contributed by atoms with Crippen LogP contribution in [0.5, 0.6) is 0 Å². The summed E-state index contributed by atoms with van der Waals surface area (Å²) >= 11 is 0. The molecule has 0 bridgehead atoms. The molecule has 2 aliphatic rings. The van der Waals surface area contributed by atoms with Crippen LogP contribution in [0.25, 0.3) is 0 Å². The molecule has 126 valence electrons. The second-order valence-electron chi connectivity index (χ2n) is 6.03. The van der Waals surface area contributed by atoms with Crippen LogP contribution in [0.2, 0.25) is 0 Å². The summed E-state index contributed by atoms with van der Waals surface area (Å²) in [5.74, 6) is 0.301. The molecule has 0 aromatic heterocycles. The quantitative estimate of drug-likeness (QED) is 0.546. The van der Waals surface area contributed by atoms with E-state index in [0.29, 0.717) is 19.5 Å². The Morgan fingerprint density at radius 2 is 1.82 bits per heavy atom. The third-order valence-electron chi connectivity index (χ3n) is 4.35. The lowest BCUT2D eigenvalue weighted by molar-refractivity contribution is -0.127. The van der Waals surface area contributed by atoms with Gasteiger partial charge in [-0.2, -0.15) is 0 Å². The van der Waals surface area contributed by atoms with Crippen LogP contribution in [0.1, 0.15) is 19.3 Å². The Balaban J connectivity index is 1.52. The molecule has 2 N–H and O–H groups in total. The highest BCUT2D eigenvalue weighted by molar-refractivity contribution is 5.78. The zero-order valence-corrected chi connectivity index (χ0v) is 13.3. The van der Waals surface area contributed by atoms with Crippen molar-refractivity contribution >= 4 is 11.8 Å². The molecule has 2 aliphatic heterocycles. The molecule has 7 heteroatoms. The van der Waals surface area contributed by atoms with Gasteiger partial charge in [0.1, 0.15) is 0 Å². The monoisotopic (exact) mass is 312 g/mol. The Morgan fingerprint density at radius 1 is 1.09 bits per heavy atom. The molecule has 2 amide bonds. The van der Waals surface area contributed by atoms with E-state index in [1.807, 2.05) is 4.90 Å². The lowest BCUT2D eigenvalue weighted by atomic mass is 10.3. The number of amides is 2. The molecule has 0 spiro atoms. The van der Waals surface area contributed by atoms with Crippen LogP contribution in [-0.2, 0) is 9.59 Å². The number of aliphatic hydroxyl groups excluding tert-OH is 1. The maximum atomic E-state index is 11.9. The fourth-order valence-electron chi connectivity index (χ4n) is 3.01. The van der Waals surface area contributed by atoms with E-state index in [1.54, 1.807) is 0 Å². The van der Waals surface area contributed by atoms with E-state index in [-0.39, 0.29) is 18.4 Å². The van der Waals surface area contributed by atoms with Gasteiger partial charge in [0.25, 0.3) is 0 Å². The minimum atomic E-state index is 0.0587. The summed E-state index contributed by atoms with van der Waals surface area (Å²) in [6.07, 6.45) is 2.46. The fourth-order valence-corrected chi connectivity index (χ4v) is 3.01. The molecule has 7 nitrogen and oxygen atoms in total. The highest BCUT2D eigenvalue weighted by Gasteiger charge is 2.20. The molecule has 2 heterocycles. The number of carbonyl (C=O) groups is 2. The molecule has 0 aliphatic carbocycles. The number of aliphatic hydroxyl groups is 1. The van der Waals surface area contributed by atoms with Crippen molar-refractivity contribution in [1.82, 2.24) is 20.0 Å². The summed E-state index contributed by atoms with van der Waals surface area (Å²) in [6, 6.07) is 0. The normalized spacial score (nSPS) is 20.6. The molecule has 0 aromatic carbocycles. The predicted molar refractivity (Wildman–Crippen MR) is 83.4 cm³/mol. The van der Waals surface area contributed by atoms with Gasteiger partial charge in [-0.25, -0.2) is 0 Å². The number of β-amino-alcohol motifs (C(OH)–C–C–N with tert-alkyl or cyclic N) is 1. The van der Waals surface area contributed by atoms with Gasteiger partial charge in [0.15, 0.2) is 0 Å². The van der Waals surface area contributed by atoms with Crippen molar-refractivity contribution in [1.29, 1.82) is 0 Å². The molecule has 2 saturated heterocycles. The molecule has 0 radical (unpaired) electrons. The summed E-state index contributed by atoms with van der Waals surface area (Å²) in [4.78, 5) is 29.6. The van der Waals surface area contributed by atoms with Crippen LogP contribution in [-0.4, -0.2) is 97.1 Å². The number of hydrogen-bond acceptors (Lipinski definition) is 5. The molecule has 2 rings (SSSR count). The van der Waals surface area contributed by atoms with Gasteiger partial charge in [-0.3, -0.25) is 19.4 Å². The fraction of sp³-hybridized carbons (Fsp3) is 0.867. The molecular formula is C15H28N4O3. The molecule has 0 unspecified atom stereocenters. The van der Waals surface area contributed by atoms with Crippen molar-refractivity contribution in [3.63, 3.8) is 0 Å². The van der Waals surface area contributed by atoms with Crippen molar-refractivity contribution in [3.05, 3.63) is 0 Å². The number of likely N-dealkylation sites (tertiary alicyclic amines) is 1. The maximum Gasteiger partial charge on any atom is 0.234 e. The standard InChI is InChI=1S/C15H28N4O3/c20-12-11-17-7-9-18(10-8-17)13-14(21)16-4-2-6-19-5-1-3-15(19)22/h20H,1-13H2,(H,16,21). The van der Waals surface area contributed by atoms with Crippen molar-refractivity contribution < 1.29 is 14.7 Å². The van der Waals surface area contributed by atoms with Crippen molar-refractivity contribution in [2.24, 2.45) is 0 Å². The topological polar surface area (TPSA) is 76.1 Å². The van der Waals surface area contributed by atoms with Gasteiger partial charge in [0.05, 0.1) is 13.2 Å². The van der Waals surface area contributed by atoms with Crippen LogP contribution < -0.4 is 5.32 Å². The van der Waals surface area contributed by atoms with Crippen molar-refractivity contribution in [3.8, 4) is 0 Å².